The molecule has 0 radical (unpaired) electrons. The van der Waals surface area contributed by atoms with E-state index < -0.39 is 17.5 Å². The highest BCUT2D eigenvalue weighted by molar-refractivity contribution is 5.51. The van der Waals surface area contributed by atoms with Gasteiger partial charge in [0.15, 0.2) is 23.2 Å². The summed E-state index contributed by atoms with van der Waals surface area (Å²) in [5.41, 5.74) is 1.46. The van der Waals surface area contributed by atoms with E-state index in [-0.39, 0.29) is 36.1 Å². The van der Waals surface area contributed by atoms with E-state index in [0.29, 0.717) is 35.5 Å². The van der Waals surface area contributed by atoms with Crippen molar-refractivity contribution in [2.45, 2.75) is 64.2 Å². The summed E-state index contributed by atoms with van der Waals surface area (Å²) in [6.07, 6.45) is 5.28. The Hall–Kier alpha value is -2.04. The molecule has 0 aromatic heterocycles. The second-order valence-electron chi connectivity index (χ2n) is 8.11. The summed E-state index contributed by atoms with van der Waals surface area (Å²) in [6.45, 7) is 8.93. The van der Waals surface area contributed by atoms with Gasteiger partial charge in [-0.1, -0.05) is 20.1 Å². The van der Waals surface area contributed by atoms with Gasteiger partial charge in [0.25, 0.3) is 0 Å². The molecule has 3 rings (SSSR count). The van der Waals surface area contributed by atoms with Crippen LogP contribution in [0.5, 0.6) is 5.75 Å². The largest absolute Gasteiger partial charge is 0.450 e. The molecule has 1 saturated carbocycles. The van der Waals surface area contributed by atoms with Crippen molar-refractivity contribution < 1.29 is 22.3 Å². The maximum Gasteiger partial charge on any atom is 0.201 e. The number of benzene rings is 1. The molecular formula is C24H28F4O. The number of alkyl halides is 1. The lowest BCUT2D eigenvalue weighted by Gasteiger charge is -2.30. The van der Waals surface area contributed by atoms with Crippen LogP contribution in [0.3, 0.4) is 0 Å². The van der Waals surface area contributed by atoms with Crippen molar-refractivity contribution in [1.82, 2.24) is 0 Å². The lowest BCUT2D eigenvalue weighted by molar-refractivity contribution is 0.287. The van der Waals surface area contributed by atoms with Crippen molar-refractivity contribution in [2.24, 2.45) is 5.92 Å². The van der Waals surface area contributed by atoms with Crippen LogP contribution in [0.2, 0.25) is 0 Å². The third-order valence-corrected chi connectivity index (χ3v) is 6.17. The van der Waals surface area contributed by atoms with Gasteiger partial charge in [-0.05, 0) is 79.6 Å². The van der Waals surface area contributed by atoms with Gasteiger partial charge in [0.1, 0.15) is 0 Å². The van der Waals surface area contributed by atoms with Gasteiger partial charge in [0, 0.05) is 12.0 Å². The van der Waals surface area contributed by atoms with Crippen LogP contribution in [-0.2, 0) is 6.42 Å². The van der Waals surface area contributed by atoms with E-state index in [1.165, 1.54) is 0 Å². The average molecular weight is 408 g/mol. The van der Waals surface area contributed by atoms with E-state index >= 15 is 0 Å². The number of ether oxygens (including phenoxy) is 1. The fourth-order valence-electron chi connectivity index (χ4n) is 4.35. The van der Waals surface area contributed by atoms with E-state index in [1.54, 1.807) is 13.0 Å². The number of rotatable bonds is 6. The summed E-state index contributed by atoms with van der Waals surface area (Å²) < 4.78 is 62.0. The van der Waals surface area contributed by atoms with Crippen LogP contribution in [0, 0.1) is 17.6 Å². The number of allylic oxidation sites excluding steroid dienone is 3. The average Bonchev–Trinajstić information content (AvgIpc) is 2.73. The third-order valence-electron chi connectivity index (χ3n) is 6.17. The summed E-state index contributed by atoms with van der Waals surface area (Å²) in [7, 11) is 0. The van der Waals surface area contributed by atoms with Crippen LogP contribution in [-0.4, -0.2) is 6.67 Å². The van der Waals surface area contributed by atoms with Crippen molar-refractivity contribution in [3.63, 3.8) is 0 Å². The Bertz CT molecular complexity index is 832. The normalized spacial score (nSPS) is 23.4. The molecule has 0 atom stereocenters. The first kappa shape index (κ1) is 21.7. The molecular weight excluding hydrogens is 380 g/mol. The fraction of sp³-hybridized carbons (Fsp3) is 0.500. The van der Waals surface area contributed by atoms with Crippen molar-refractivity contribution >= 4 is 0 Å². The summed E-state index contributed by atoms with van der Waals surface area (Å²) in [5.74, 6) is -2.70. The van der Waals surface area contributed by atoms with Crippen LogP contribution in [0.15, 0.2) is 42.0 Å². The predicted molar refractivity (Wildman–Crippen MR) is 107 cm³/mol. The molecule has 1 fully saturated rings. The molecule has 1 heterocycles. The minimum Gasteiger partial charge on any atom is -0.450 e. The lowest BCUT2D eigenvalue weighted by Crippen LogP contribution is -2.18. The molecule has 0 spiro atoms. The lowest BCUT2D eigenvalue weighted by atomic mass is 9.76. The Morgan fingerprint density at radius 3 is 2.48 bits per heavy atom. The van der Waals surface area contributed by atoms with Gasteiger partial charge in [-0.3, -0.25) is 4.39 Å². The quantitative estimate of drug-likeness (QED) is 0.440. The van der Waals surface area contributed by atoms with Crippen LogP contribution in [0.1, 0.15) is 68.9 Å². The first-order valence-electron chi connectivity index (χ1n) is 10.4. The van der Waals surface area contributed by atoms with E-state index in [9.17, 15) is 17.6 Å². The van der Waals surface area contributed by atoms with Crippen molar-refractivity contribution in [1.29, 1.82) is 0 Å². The fourth-order valence-corrected chi connectivity index (χ4v) is 4.35. The SMILES string of the molecule is C=C(CC)/C(F)=C1/Oc2c(cc(C3CCC(CCCF)CC3)c(F)c2F)CC1=C. The van der Waals surface area contributed by atoms with Gasteiger partial charge in [-0.25, -0.2) is 8.78 Å². The Morgan fingerprint density at radius 2 is 1.86 bits per heavy atom. The molecule has 2 aliphatic rings. The van der Waals surface area contributed by atoms with Crippen LogP contribution >= 0.6 is 0 Å². The number of hydrogen-bond donors (Lipinski definition) is 0. The van der Waals surface area contributed by atoms with Crippen molar-refractivity contribution in [3.8, 4) is 5.75 Å². The molecule has 1 nitrogen and oxygen atoms in total. The Morgan fingerprint density at radius 1 is 1.17 bits per heavy atom. The van der Waals surface area contributed by atoms with Gasteiger partial charge in [0.2, 0.25) is 5.82 Å². The highest BCUT2D eigenvalue weighted by Crippen LogP contribution is 2.44. The maximum atomic E-state index is 14.9. The first-order valence-corrected chi connectivity index (χ1v) is 10.4. The van der Waals surface area contributed by atoms with Gasteiger partial charge < -0.3 is 4.74 Å². The molecule has 1 aliphatic carbocycles. The Balaban J connectivity index is 1.85. The van der Waals surface area contributed by atoms with E-state index in [2.05, 4.69) is 13.2 Å². The molecule has 1 aliphatic heterocycles. The van der Waals surface area contributed by atoms with Gasteiger partial charge >= 0.3 is 0 Å². The number of halogens is 4. The molecule has 0 saturated heterocycles. The molecule has 158 valence electrons. The van der Waals surface area contributed by atoms with Gasteiger partial charge in [-0.15, -0.1) is 0 Å². The second kappa shape index (κ2) is 9.19. The summed E-state index contributed by atoms with van der Waals surface area (Å²) in [6, 6.07) is 1.65. The third kappa shape index (κ3) is 4.44. The number of hydrogen-bond acceptors (Lipinski definition) is 1. The highest BCUT2D eigenvalue weighted by atomic mass is 19.2. The Labute approximate surface area is 170 Å². The molecule has 29 heavy (non-hydrogen) atoms. The standard InChI is InChI=1S/C24H28F4O/c1-4-14(2)20(26)23-15(3)12-18-13-19(21(27)22(28)24(18)29-23)17-9-7-16(8-10-17)6-5-11-25/h13,16-17H,2-12H2,1H3/b23-20-. The van der Waals surface area contributed by atoms with E-state index in [1.807, 2.05) is 0 Å². The highest BCUT2D eigenvalue weighted by Gasteiger charge is 2.32. The maximum absolute atomic E-state index is 14.9. The minimum atomic E-state index is -1.07. The first-order chi connectivity index (χ1) is 13.9. The summed E-state index contributed by atoms with van der Waals surface area (Å²) in [4.78, 5) is 0. The topological polar surface area (TPSA) is 9.23 Å². The molecule has 0 N–H and O–H groups in total. The monoisotopic (exact) mass is 408 g/mol. The molecule has 0 bridgehead atoms. The summed E-state index contributed by atoms with van der Waals surface area (Å²) in [5, 5.41) is 0. The smallest absolute Gasteiger partial charge is 0.201 e. The second-order valence-corrected chi connectivity index (χ2v) is 8.11. The zero-order valence-electron chi connectivity index (χ0n) is 16.9. The number of fused-ring (bicyclic) bond motifs is 1. The molecule has 1 aromatic carbocycles. The van der Waals surface area contributed by atoms with Gasteiger partial charge in [-0.2, -0.15) is 4.39 Å². The van der Waals surface area contributed by atoms with Crippen LogP contribution in [0.25, 0.3) is 0 Å². The zero-order chi connectivity index (χ0) is 21.1. The van der Waals surface area contributed by atoms with Crippen molar-refractivity contribution in [2.75, 3.05) is 6.67 Å². The zero-order valence-corrected chi connectivity index (χ0v) is 16.9. The summed E-state index contributed by atoms with van der Waals surface area (Å²) >= 11 is 0. The Kier molecular flexibility index (Phi) is 6.86. The molecule has 0 unspecified atom stereocenters. The van der Waals surface area contributed by atoms with Gasteiger partial charge in [0.05, 0.1) is 6.67 Å². The van der Waals surface area contributed by atoms with Crippen molar-refractivity contribution in [3.05, 3.63) is 64.7 Å². The molecule has 1 aromatic rings. The van der Waals surface area contributed by atoms with Crippen LogP contribution < -0.4 is 4.74 Å². The predicted octanol–water partition coefficient (Wildman–Crippen LogP) is 7.63. The van der Waals surface area contributed by atoms with E-state index in [4.69, 9.17) is 4.74 Å². The molecule has 0 amide bonds. The van der Waals surface area contributed by atoms with E-state index in [0.717, 1.165) is 32.1 Å². The molecule has 5 heteroatoms. The minimum absolute atomic E-state index is 0.0711. The van der Waals surface area contributed by atoms with Crippen LogP contribution in [0.4, 0.5) is 17.6 Å².